The minimum absolute atomic E-state index is 0.0811. The van der Waals surface area contributed by atoms with Crippen molar-refractivity contribution in [1.82, 2.24) is 4.98 Å². The van der Waals surface area contributed by atoms with E-state index in [9.17, 15) is 0 Å². The number of anilines is 1. The number of aromatic nitrogens is 1. The average molecular weight is 442 g/mol. The number of hydrogen-bond donors (Lipinski definition) is 0. The predicted octanol–water partition coefficient (Wildman–Crippen LogP) is 6.93. The normalized spacial score (nSPS) is 15.0. The highest BCUT2D eigenvalue weighted by atomic mass is 16.5. The number of benzene rings is 4. The molecule has 0 aliphatic carbocycles. The number of methoxy groups -OCH3 is 1. The van der Waals surface area contributed by atoms with Crippen LogP contribution in [0, 0.1) is 0 Å². The molecule has 164 valence electrons. The lowest BCUT2D eigenvalue weighted by Gasteiger charge is -2.39. The molecule has 5 aromatic rings. The van der Waals surface area contributed by atoms with Crippen LogP contribution in [0.1, 0.15) is 22.7 Å². The third kappa shape index (κ3) is 3.41. The van der Waals surface area contributed by atoms with Crippen molar-refractivity contribution in [2.24, 2.45) is 4.99 Å². The van der Waals surface area contributed by atoms with Crippen molar-refractivity contribution in [1.29, 1.82) is 0 Å². The van der Waals surface area contributed by atoms with Crippen LogP contribution >= 0.6 is 0 Å². The highest BCUT2D eigenvalue weighted by molar-refractivity contribution is 6.16. The molecular weight excluding hydrogens is 418 g/mol. The van der Waals surface area contributed by atoms with E-state index in [2.05, 4.69) is 89.8 Å². The molecule has 6 rings (SSSR count). The summed E-state index contributed by atoms with van der Waals surface area (Å²) in [7, 11) is 1.69. The van der Waals surface area contributed by atoms with Gasteiger partial charge in [0, 0.05) is 28.8 Å². The summed E-state index contributed by atoms with van der Waals surface area (Å²) < 4.78 is 5.54. The average Bonchev–Trinajstić information content (AvgIpc) is 2.92. The van der Waals surface area contributed by atoms with E-state index in [1.54, 1.807) is 7.11 Å². The predicted molar refractivity (Wildman–Crippen MR) is 138 cm³/mol. The van der Waals surface area contributed by atoms with Gasteiger partial charge in [0.05, 0.1) is 30.0 Å². The molecule has 0 spiro atoms. The molecular formula is C30H23N3O. The summed E-state index contributed by atoms with van der Waals surface area (Å²) in [5, 5.41) is 1.10. The Bertz CT molecular complexity index is 1490. The van der Waals surface area contributed by atoms with E-state index < -0.39 is 0 Å². The van der Waals surface area contributed by atoms with E-state index in [1.807, 2.05) is 30.5 Å². The monoisotopic (exact) mass is 441 g/mol. The van der Waals surface area contributed by atoms with Crippen molar-refractivity contribution in [3.8, 4) is 5.75 Å². The summed E-state index contributed by atoms with van der Waals surface area (Å²) in [6.45, 7) is 0. The second-order valence-corrected chi connectivity index (χ2v) is 8.26. The molecule has 1 unspecified atom stereocenters. The Morgan fingerprint density at radius 2 is 1.53 bits per heavy atom. The maximum Gasteiger partial charge on any atom is 0.141 e. The molecule has 0 saturated heterocycles. The molecule has 1 aromatic heterocycles. The van der Waals surface area contributed by atoms with E-state index in [0.29, 0.717) is 0 Å². The van der Waals surface area contributed by atoms with Crippen molar-refractivity contribution in [2.75, 3.05) is 12.0 Å². The molecule has 4 heteroatoms. The zero-order valence-corrected chi connectivity index (χ0v) is 18.8. The number of nitrogens with zero attached hydrogens (tertiary/aromatic N) is 3. The molecule has 0 radical (unpaired) electrons. The lowest BCUT2D eigenvalue weighted by molar-refractivity contribution is 0.414. The zero-order chi connectivity index (χ0) is 22.9. The van der Waals surface area contributed by atoms with Gasteiger partial charge in [0.1, 0.15) is 11.6 Å². The first kappa shape index (κ1) is 20.2. The fourth-order valence-electron chi connectivity index (χ4n) is 4.70. The number of amidine groups is 1. The van der Waals surface area contributed by atoms with Crippen molar-refractivity contribution < 1.29 is 4.74 Å². The van der Waals surface area contributed by atoms with E-state index in [1.165, 1.54) is 5.56 Å². The first-order chi connectivity index (χ1) is 16.8. The Morgan fingerprint density at radius 1 is 0.765 bits per heavy atom. The number of rotatable bonds is 4. The molecule has 2 heterocycles. The summed E-state index contributed by atoms with van der Waals surface area (Å²) >= 11 is 0. The Hall–Kier alpha value is -4.44. The Balaban J connectivity index is 1.69. The number of ether oxygens (including phenoxy) is 1. The molecule has 0 saturated carbocycles. The fraction of sp³-hybridized carbons (Fsp3) is 0.0667. The van der Waals surface area contributed by atoms with Crippen LogP contribution in [0.4, 0.5) is 11.4 Å². The minimum atomic E-state index is -0.0811. The summed E-state index contributed by atoms with van der Waals surface area (Å²) in [6, 6.07) is 37.4. The van der Waals surface area contributed by atoms with Gasteiger partial charge in [0.15, 0.2) is 0 Å². The number of para-hydroxylation sites is 1. The van der Waals surface area contributed by atoms with Crippen LogP contribution in [-0.4, -0.2) is 17.9 Å². The summed E-state index contributed by atoms with van der Waals surface area (Å²) in [5.74, 6) is 1.68. The van der Waals surface area contributed by atoms with Crippen molar-refractivity contribution in [3.63, 3.8) is 0 Å². The lowest BCUT2D eigenvalue weighted by Crippen LogP contribution is -2.38. The fourth-order valence-corrected chi connectivity index (χ4v) is 4.70. The van der Waals surface area contributed by atoms with Crippen LogP contribution in [0.25, 0.3) is 10.9 Å². The number of pyridine rings is 1. The third-order valence-corrected chi connectivity index (χ3v) is 6.26. The van der Waals surface area contributed by atoms with Gasteiger partial charge in [-0.05, 0) is 23.8 Å². The van der Waals surface area contributed by atoms with E-state index in [0.717, 1.165) is 45.0 Å². The smallest absolute Gasteiger partial charge is 0.141 e. The van der Waals surface area contributed by atoms with Crippen molar-refractivity contribution in [3.05, 3.63) is 132 Å². The Morgan fingerprint density at radius 3 is 2.32 bits per heavy atom. The summed E-state index contributed by atoms with van der Waals surface area (Å²) in [5.41, 5.74) is 6.24. The molecule has 4 nitrogen and oxygen atoms in total. The summed E-state index contributed by atoms with van der Waals surface area (Å²) in [4.78, 5) is 12.3. The quantitative estimate of drug-likeness (QED) is 0.303. The van der Waals surface area contributed by atoms with Crippen LogP contribution in [0.2, 0.25) is 0 Å². The first-order valence-electron chi connectivity index (χ1n) is 11.3. The number of fused-ring (bicyclic) bond motifs is 2. The maximum atomic E-state index is 5.54. The molecule has 0 bridgehead atoms. The van der Waals surface area contributed by atoms with E-state index in [-0.39, 0.29) is 6.04 Å². The highest BCUT2D eigenvalue weighted by Crippen LogP contribution is 2.45. The first-order valence-corrected chi connectivity index (χ1v) is 11.3. The van der Waals surface area contributed by atoms with Gasteiger partial charge < -0.3 is 9.64 Å². The minimum Gasteiger partial charge on any atom is -0.497 e. The second kappa shape index (κ2) is 8.49. The van der Waals surface area contributed by atoms with Gasteiger partial charge in [-0.25, -0.2) is 4.99 Å². The standard InChI is InChI=1S/C30H23N3O/c1-34-24-17-18-25-26(20-24)32-30(23-12-6-3-7-13-23)33(29(25)22-10-4-2-5-11-22)27-16-8-14-21-15-9-19-31-28(21)27/h2-20,29H,1H3. The van der Waals surface area contributed by atoms with Gasteiger partial charge in [-0.3, -0.25) is 4.98 Å². The van der Waals surface area contributed by atoms with Crippen molar-refractivity contribution in [2.45, 2.75) is 6.04 Å². The summed E-state index contributed by atoms with van der Waals surface area (Å²) in [6.07, 6.45) is 1.85. The second-order valence-electron chi connectivity index (χ2n) is 8.26. The van der Waals surface area contributed by atoms with Gasteiger partial charge in [-0.1, -0.05) is 84.9 Å². The zero-order valence-electron chi connectivity index (χ0n) is 18.8. The van der Waals surface area contributed by atoms with Crippen molar-refractivity contribution >= 4 is 28.1 Å². The molecule has 1 aliphatic rings. The molecule has 0 amide bonds. The lowest BCUT2D eigenvalue weighted by atomic mass is 9.92. The SMILES string of the molecule is COc1ccc2c(c1)N=C(c1ccccc1)N(c1cccc3cccnc13)C2c1ccccc1. The molecule has 1 aliphatic heterocycles. The number of aliphatic imine (C=N–C) groups is 1. The highest BCUT2D eigenvalue weighted by Gasteiger charge is 2.34. The van der Waals surface area contributed by atoms with Crippen LogP contribution in [0.5, 0.6) is 5.75 Å². The Labute approximate surface area is 198 Å². The molecule has 34 heavy (non-hydrogen) atoms. The van der Waals surface area contributed by atoms with Crippen LogP contribution in [0.3, 0.4) is 0 Å². The van der Waals surface area contributed by atoms with Crippen LogP contribution in [0.15, 0.2) is 120 Å². The molecule has 0 N–H and O–H groups in total. The Kier molecular flexibility index (Phi) is 5.04. The third-order valence-electron chi connectivity index (χ3n) is 6.26. The molecule has 4 aromatic carbocycles. The van der Waals surface area contributed by atoms with Gasteiger partial charge in [0.2, 0.25) is 0 Å². The van der Waals surface area contributed by atoms with Crippen LogP contribution in [-0.2, 0) is 0 Å². The largest absolute Gasteiger partial charge is 0.497 e. The maximum absolute atomic E-state index is 5.54. The number of hydrogen-bond acceptors (Lipinski definition) is 4. The topological polar surface area (TPSA) is 37.7 Å². The van der Waals surface area contributed by atoms with Gasteiger partial charge >= 0.3 is 0 Å². The van der Waals surface area contributed by atoms with E-state index in [4.69, 9.17) is 14.7 Å². The van der Waals surface area contributed by atoms with Gasteiger partial charge in [0.25, 0.3) is 0 Å². The van der Waals surface area contributed by atoms with Gasteiger partial charge in [-0.2, -0.15) is 0 Å². The molecule has 1 atom stereocenters. The van der Waals surface area contributed by atoms with Gasteiger partial charge in [-0.15, -0.1) is 0 Å². The molecule has 0 fully saturated rings. The van der Waals surface area contributed by atoms with E-state index >= 15 is 0 Å². The van der Waals surface area contributed by atoms with Crippen LogP contribution < -0.4 is 9.64 Å².